The summed E-state index contributed by atoms with van der Waals surface area (Å²) in [7, 11) is -1.26. The molecule has 0 spiro atoms. The lowest BCUT2D eigenvalue weighted by molar-refractivity contribution is 0.0978. The van der Waals surface area contributed by atoms with Gasteiger partial charge in [0.25, 0.3) is 0 Å². The van der Waals surface area contributed by atoms with Crippen LogP contribution in [0.1, 0.15) is 104 Å². The molecule has 5 rings (SSSR count). The highest BCUT2D eigenvalue weighted by Crippen LogP contribution is 2.65. The Morgan fingerprint density at radius 2 is 1.03 bits per heavy atom. The van der Waals surface area contributed by atoms with Crippen LogP contribution in [0, 0.1) is 47.3 Å². The molecule has 29 heavy (non-hydrogen) atoms. The predicted octanol–water partition coefficient (Wildman–Crippen LogP) is 8.93. The number of hydrogen-bond donors (Lipinski definition) is 0. The molecule has 0 saturated heterocycles. The van der Waals surface area contributed by atoms with E-state index in [-0.39, 0.29) is 0 Å². The van der Waals surface area contributed by atoms with Crippen LogP contribution >= 0.6 is 0 Å². The summed E-state index contributed by atoms with van der Waals surface area (Å²) in [4.78, 5) is 0. The van der Waals surface area contributed by atoms with Crippen LogP contribution in [-0.4, -0.2) is 8.07 Å². The third kappa shape index (κ3) is 3.62. The van der Waals surface area contributed by atoms with Crippen molar-refractivity contribution in [2.45, 2.75) is 128 Å². The minimum absolute atomic E-state index is 1.03. The average molecular weight is 415 g/mol. The maximum atomic E-state index is 2.90. The SMILES string of the molecule is C[C@@H]1CC2CCCCC2C1[Si](C)(C)C1C2CCC[C@H](C3CCCCC3)[C@@H]2C[C@@H]1C. The molecule has 0 aromatic rings. The Kier molecular flexibility index (Phi) is 6.03. The summed E-state index contributed by atoms with van der Waals surface area (Å²) in [6, 6.07) is 0. The maximum absolute atomic E-state index is 2.90. The standard InChI is InChI=1S/C28H50Si/c1-19-17-22-13-8-9-14-24(22)27(19)29(3,4)28-20(2)18-26-23(15-10-16-25(26)28)21-11-6-5-7-12-21/h19-28H,5-18H2,1-4H3/t19-,20+,22?,23-,24?,25?,26+,27?,28?/m1/s1. The third-order valence-corrected chi connectivity index (χ3v) is 17.0. The molecule has 5 aliphatic carbocycles. The normalized spacial score (nSPS) is 49.0. The van der Waals surface area contributed by atoms with Gasteiger partial charge in [-0.2, -0.15) is 0 Å². The Morgan fingerprint density at radius 3 is 1.83 bits per heavy atom. The number of fused-ring (bicyclic) bond motifs is 2. The van der Waals surface area contributed by atoms with Gasteiger partial charge in [-0.3, -0.25) is 0 Å². The molecule has 0 nitrogen and oxygen atoms in total. The van der Waals surface area contributed by atoms with Gasteiger partial charge in [0, 0.05) is 0 Å². The van der Waals surface area contributed by atoms with E-state index in [1.165, 1.54) is 12.8 Å². The molecule has 5 fully saturated rings. The molecule has 0 heterocycles. The van der Waals surface area contributed by atoms with Gasteiger partial charge in [-0.15, -0.1) is 0 Å². The molecule has 166 valence electrons. The summed E-state index contributed by atoms with van der Waals surface area (Å²) in [6.45, 7) is 11.2. The van der Waals surface area contributed by atoms with Crippen molar-refractivity contribution in [1.82, 2.24) is 0 Å². The molecule has 5 unspecified atom stereocenters. The Bertz CT molecular complexity index is 561. The molecule has 1 heteroatoms. The van der Waals surface area contributed by atoms with Crippen LogP contribution in [0.3, 0.4) is 0 Å². The fourth-order valence-electron chi connectivity index (χ4n) is 11.1. The fraction of sp³-hybridized carbons (Fsp3) is 1.00. The molecule has 0 aliphatic heterocycles. The molecule has 0 bridgehead atoms. The Morgan fingerprint density at radius 1 is 0.483 bits per heavy atom. The van der Waals surface area contributed by atoms with Crippen LogP contribution in [0.15, 0.2) is 0 Å². The smallest absolute Gasteiger partial charge is 0.0546 e. The topological polar surface area (TPSA) is 0 Å². The van der Waals surface area contributed by atoms with Gasteiger partial charge in [0.15, 0.2) is 0 Å². The van der Waals surface area contributed by atoms with Crippen molar-refractivity contribution >= 4 is 8.07 Å². The molecule has 0 amide bonds. The maximum Gasteiger partial charge on any atom is 0.0546 e. The van der Waals surface area contributed by atoms with E-state index in [0.29, 0.717) is 0 Å². The Labute approximate surface area is 183 Å². The molecule has 0 aromatic heterocycles. The number of hydrogen-bond acceptors (Lipinski definition) is 0. The van der Waals surface area contributed by atoms with Crippen LogP contribution in [-0.2, 0) is 0 Å². The second-order valence-corrected chi connectivity index (χ2v) is 18.3. The van der Waals surface area contributed by atoms with Crippen molar-refractivity contribution < 1.29 is 0 Å². The summed E-state index contributed by atoms with van der Waals surface area (Å²) in [6.07, 6.45) is 22.0. The molecule has 0 aromatic carbocycles. The van der Waals surface area contributed by atoms with Crippen molar-refractivity contribution in [2.24, 2.45) is 47.3 Å². The first kappa shape index (κ1) is 21.1. The highest BCUT2D eigenvalue weighted by atomic mass is 28.3. The summed E-state index contributed by atoms with van der Waals surface area (Å²) >= 11 is 0. The van der Waals surface area contributed by atoms with E-state index in [1.807, 2.05) is 0 Å². The molecule has 5 aliphatic rings. The van der Waals surface area contributed by atoms with Gasteiger partial charge < -0.3 is 0 Å². The van der Waals surface area contributed by atoms with E-state index < -0.39 is 8.07 Å². The largest absolute Gasteiger partial charge is 0.0689 e. The Hall–Kier alpha value is 0.217. The zero-order valence-corrected chi connectivity index (χ0v) is 21.2. The predicted molar refractivity (Wildman–Crippen MR) is 129 cm³/mol. The van der Waals surface area contributed by atoms with E-state index in [1.54, 1.807) is 77.0 Å². The molecular formula is C28H50Si. The summed E-state index contributed by atoms with van der Waals surface area (Å²) in [5.41, 5.74) is 2.29. The van der Waals surface area contributed by atoms with Crippen LogP contribution in [0.5, 0.6) is 0 Å². The van der Waals surface area contributed by atoms with Crippen molar-refractivity contribution in [3.8, 4) is 0 Å². The second kappa shape index (κ2) is 8.29. The minimum Gasteiger partial charge on any atom is -0.0689 e. The van der Waals surface area contributed by atoms with E-state index in [4.69, 9.17) is 0 Å². The average Bonchev–Trinajstić information content (AvgIpc) is 3.24. The van der Waals surface area contributed by atoms with Gasteiger partial charge >= 0.3 is 0 Å². The molecular weight excluding hydrogens is 364 g/mol. The van der Waals surface area contributed by atoms with Gasteiger partial charge in [0.05, 0.1) is 8.07 Å². The fourth-order valence-corrected chi connectivity index (χ4v) is 17.8. The minimum atomic E-state index is -1.26. The molecule has 0 radical (unpaired) electrons. The van der Waals surface area contributed by atoms with Crippen LogP contribution in [0.2, 0.25) is 24.2 Å². The molecule has 9 atom stereocenters. The van der Waals surface area contributed by atoms with Crippen molar-refractivity contribution in [1.29, 1.82) is 0 Å². The highest BCUT2D eigenvalue weighted by molar-refractivity contribution is 6.80. The van der Waals surface area contributed by atoms with Gasteiger partial charge in [-0.25, -0.2) is 0 Å². The number of rotatable bonds is 3. The first-order valence-electron chi connectivity index (χ1n) is 14.0. The van der Waals surface area contributed by atoms with Gasteiger partial charge in [0.1, 0.15) is 0 Å². The van der Waals surface area contributed by atoms with E-state index in [0.717, 1.165) is 58.4 Å². The van der Waals surface area contributed by atoms with Gasteiger partial charge in [-0.1, -0.05) is 97.6 Å². The zero-order chi connectivity index (χ0) is 20.2. The van der Waals surface area contributed by atoms with E-state index in [2.05, 4.69) is 26.9 Å². The Balaban J connectivity index is 1.38. The highest BCUT2D eigenvalue weighted by Gasteiger charge is 2.58. The lowest BCUT2D eigenvalue weighted by Crippen LogP contribution is -2.47. The summed E-state index contributed by atoms with van der Waals surface area (Å²) in [5, 5.41) is 0. The lowest BCUT2D eigenvalue weighted by Gasteiger charge is -2.49. The first-order chi connectivity index (χ1) is 14.0. The molecule has 0 N–H and O–H groups in total. The van der Waals surface area contributed by atoms with Gasteiger partial charge in [0.2, 0.25) is 0 Å². The van der Waals surface area contributed by atoms with Crippen LogP contribution < -0.4 is 0 Å². The zero-order valence-electron chi connectivity index (χ0n) is 20.2. The van der Waals surface area contributed by atoms with Crippen molar-refractivity contribution in [3.63, 3.8) is 0 Å². The van der Waals surface area contributed by atoms with Gasteiger partial charge in [-0.05, 0) is 77.7 Å². The van der Waals surface area contributed by atoms with Crippen molar-refractivity contribution in [2.75, 3.05) is 0 Å². The quantitative estimate of drug-likeness (QED) is 0.404. The van der Waals surface area contributed by atoms with Crippen LogP contribution in [0.25, 0.3) is 0 Å². The monoisotopic (exact) mass is 414 g/mol. The van der Waals surface area contributed by atoms with Crippen LogP contribution in [0.4, 0.5) is 0 Å². The second-order valence-electron chi connectivity index (χ2n) is 13.3. The van der Waals surface area contributed by atoms with Crippen molar-refractivity contribution in [3.05, 3.63) is 0 Å². The third-order valence-electron chi connectivity index (χ3n) is 11.6. The molecule has 5 saturated carbocycles. The lowest BCUT2D eigenvalue weighted by atomic mass is 9.65. The summed E-state index contributed by atoms with van der Waals surface area (Å²) < 4.78 is 0. The first-order valence-corrected chi connectivity index (χ1v) is 17.1. The van der Waals surface area contributed by atoms with E-state index >= 15 is 0 Å². The summed E-state index contributed by atoms with van der Waals surface area (Å²) in [5.74, 6) is 8.79. The van der Waals surface area contributed by atoms with E-state index in [9.17, 15) is 0 Å².